The first-order valence-electron chi connectivity index (χ1n) is 4.75. The molecule has 1 aromatic rings. The summed E-state index contributed by atoms with van der Waals surface area (Å²) in [6.45, 7) is 1.35. The highest BCUT2D eigenvalue weighted by atomic mass is 16.3. The second-order valence-electron chi connectivity index (χ2n) is 3.62. The van der Waals surface area contributed by atoms with E-state index in [0.29, 0.717) is 13.1 Å². The van der Waals surface area contributed by atoms with Crippen LogP contribution in [0, 0.1) is 5.92 Å². The Morgan fingerprint density at radius 1 is 1.36 bits per heavy atom. The normalized spacial score (nSPS) is 26.9. The molecule has 1 aliphatic heterocycles. The van der Waals surface area contributed by atoms with E-state index in [1.54, 1.807) is 12.4 Å². The van der Waals surface area contributed by atoms with Gasteiger partial charge in [0.25, 0.3) is 0 Å². The van der Waals surface area contributed by atoms with Crippen molar-refractivity contribution in [2.45, 2.75) is 6.10 Å². The molecule has 0 aliphatic carbocycles. The van der Waals surface area contributed by atoms with E-state index < -0.39 is 6.10 Å². The molecule has 1 fully saturated rings. The van der Waals surface area contributed by atoms with Gasteiger partial charge in [0.2, 0.25) is 0 Å². The van der Waals surface area contributed by atoms with Gasteiger partial charge in [-0.05, 0) is 12.1 Å². The van der Waals surface area contributed by atoms with E-state index >= 15 is 0 Å². The van der Waals surface area contributed by atoms with Crippen LogP contribution in [0.5, 0.6) is 0 Å². The fraction of sp³-hybridized carbons (Fsp3) is 0.500. The lowest BCUT2D eigenvalue weighted by Crippen LogP contribution is -2.21. The van der Waals surface area contributed by atoms with E-state index in [4.69, 9.17) is 5.11 Å². The molecule has 2 atom stereocenters. The van der Waals surface area contributed by atoms with Crippen LogP contribution in [0.2, 0.25) is 0 Å². The number of hydrogen-bond donors (Lipinski definition) is 2. The minimum atomic E-state index is -0.423. The zero-order chi connectivity index (χ0) is 9.97. The SMILES string of the molecule is OCC1CN(c2ccncc2)CC1O. The highest BCUT2D eigenvalue weighted by Crippen LogP contribution is 2.22. The van der Waals surface area contributed by atoms with Crippen LogP contribution in [0.1, 0.15) is 0 Å². The largest absolute Gasteiger partial charge is 0.396 e. The van der Waals surface area contributed by atoms with Crippen molar-refractivity contribution in [2.75, 3.05) is 24.6 Å². The molecule has 76 valence electrons. The monoisotopic (exact) mass is 194 g/mol. The van der Waals surface area contributed by atoms with Crippen molar-refractivity contribution in [1.82, 2.24) is 4.98 Å². The molecule has 0 aromatic carbocycles. The van der Waals surface area contributed by atoms with Gasteiger partial charge in [0, 0.05) is 37.1 Å². The van der Waals surface area contributed by atoms with Crippen molar-refractivity contribution in [3.05, 3.63) is 24.5 Å². The first-order chi connectivity index (χ1) is 6.81. The van der Waals surface area contributed by atoms with Crippen molar-refractivity contribution in [2.24, 2.45) is 5.92 Å². The molecule has 1 saturated heterocycles. The fourth-order valence-corrected chi connectivity index (χ4v) is 1.80. The minimum Gasteiger partial charge on any atom is -0.396 e. The highest BCUT2D eigenvalue weighted by molar-refractivity contribution is 5.46. The third-order valence-electron chi connectivity index (χ3n) is 2.67. The maximum Gasteiger partial charge on any atom is 0.0782 e. The minimum absolute atomic E-state index is 0.0248. The van der Waals surface area contributed by atoms with Crippen LogP contribution in [0.4, 0.5) is 5.69 Å². The van der Waals surface area contributed by atoms with E-state index in [2.05, 4.69) is 9.88 Å². The summed E-state index contributed by atoms with van der Waals surface area (Å²) in [4.78, 5) is 6.00. The number of β-amino-alcohol motifs (C(OH)–C–C–N with tert-alkyl or cyclic N) is 1. The zero-order valence-corrected chi connectivity index (χ0v) is 7.87. The molecule has 2 N–H and O–H groups in total. The summed E-state index contributed by atoms with van der Waals surface area (Å²) in [5.74, 6) is -0.0248. The fourth-order valence-electron chi connectivity index (χ4n) is 1.80. The Balaban J connectivity index is 2.09. The molecular formula is C10H14N2O2. The van der Waals surface area contributed by atoms with E-state index in [0.717, 1.165) is 5.69 Å². The van der Waals surface area contributed by atoms with Gasteiger partial charge in [-0.15, -0.1) is 0 Å². The third-order valence-corrected chi connectivity index (χ3v) is 2.67. The van der Waals surface area contributed by atoms with Crippen molar-refractivity contribution < 1.29 is 10.2 Å². The number of rotatable bonds is 2. The number of aliphatic hydroxyl groups excluding tert-OH is 2. The number of aliphatic hydroxyl groups is 2. The molecule has 2 rings (SSSR count). The summed E-state index contributed by atoms with van der Waals surface area (Å²) >= 11 is 0. The summed E-state index contributed by atoms with van der Waals surface area (Å²) in [5, 5.41) is 18.6. The van der Waals surface area contributed by atoms with Crippen LogP contribution >= 0.6 is 0 Å². The van der Waals surface area contributed by atoms with Crippen LogP contribution < -0.4 is 4.90 Å². The molecule has 0 bridgehead atoms. The van der Waals surface area contributed by atoms with E-state index in [9.17, 15) is 5.11 Å². The van der Waals surface area contributed by atoms with E-state index in [1.807, 2.05) is 12.1 Å². The van der Waals surface area contributed by atoms with Crippen LogP contribution in [0.25, 0.3) is 0 Å². The lowest BCUT2D eigenvalue weighted by Gasteiger charge is -2.17. The number of aromatic nitrogens is 1. The van der Waals surface area contributed by atoms with Gasteiger partial charge in [-0.3, -0.25) is 4.98 Å². The molecule has 2 heterocycles. The molecule has 2 unspecified atom stereocenters. The van der Waals surface area contributed by atoms with Crippen molar-refractivity contribution >= 4 is 5.69 Å². The van der Waals surface area contributed by atoms with Crippen LogP contribution in [-0.4, -0.2) is 41.0 Å². The van der Waals surface area contributed by atoms with E-state index in [1.165, 1.54) is 0 Å². The van der Waals surface area contributed by atoms with Crippen molar-refractivity contribution in [3.63, 3.8) is 0 Å². The van der Waals surface area contributed by atoms with Crippen LogP contribution in [0.3, 0.4) is 0 Å². The Morgan fingerprint density at radius 2 is 2.07 bits per heavy atom. The molecule has 4 heteroatoms. The van der Waals surface area contributed by atoms with Crippen molar-refractivity contribution in [1.29, 1.82) is 0 Å². The molecule has 14 heavy (non-hydrogen) atoms. The number of nitrogens with zero attached hydrogens (tertiary/aromatic N) is 2. The van der Waals surface area contributed by atoms with Gasteiger partial charge in [-0.2, -0.15) is 0 Å². The number of anilines is 1. The van der Waals surface area contributed by atoms with Gasteiger partial charge in [-0.25, -0.2) is 0 Å². The molecule has 0 spiro atoms. The van der Waals surface area contributed by atoms with Crippen molar-refractivity contribution in [3.8, 4) is 0 Å². The standard InChI is InChI=1S/C10H14N2O2/c13-7-8-5-12(6-10(8)14)9-1-3-11-4-2-9/h1-4,8,10,13-14H,5-7H2. The summed E-state index contributed by atoms with van der Waals surface area (Å²) in [5.41, 5.74) is 1.05. The van der Waals surface area contributed by atoms with Crippen LogP contribution in [0.15, 0.2) is 24.5 Å². The Morgan fingerprint density at radius 3 is 2.64 bits per heavy atom. The first kappa shape index (κ1) is 9.43. The average molecular weight is 194 g/mol. The summed E-state index contributed by atoms with van der Waals surface area (Å²) in [6.07, 6.45) is 3.04. The predicted octanol–water partition coefficient (Wildman–Crippen LogP) is -0.129. The molecule has 1 aromatic heterocycles. The lowest BCUT2D eigenvalue weighted by molar-refractivity contribution is 0.104. The molecular weight excluding hydrogens is 180 g/mol. The number of hydrogen-bond acceptors (Lipinski definition) is 4. The quantitative estimate of drug-likeness (QED) is 0.688. The Kier molecular flexibility index (Phi) is 2.65. The third kappa shape index (κ3) is 1.71. The Labute approximate surface area is 82.8 Å². The summed E-state index contributed by atoms with van der Waals surface area (Å²) < 4.78 is 0. The second-order valence-corrected chi connectivity index (χ2v) is 3.62. The smallest absolute Gasteiger partial charge is 0.0782 e. The Hall–Kier alpha value is -1.13. The molecule has 1 aliphatic rings. The van der Waals surface area contributed by atoms with Gasteiger partial charge in [-0.1, -0.05) is 0 Å². The average Bonchev–Trinajstić information content (AvgIpc) is 2.61. The molecule has 4 nitrogen and oxygen atoms in total. The predicted molar refractivity (Wildman–Crippen MR) is 53.0 cm³/mol. The summed E-state index contributed by atoms with van der Waals surface area (Å²) in [7, 11) is 0. The molecule has 0 saturated carbocycles. The second kappa shape index (κ2) is 3.94. The maximum atomic E-state index is 9.60. The summed E-state index contributed by atoms with van der Waals surface area (Å²) in [6, 6.07) is 3.82. The zero-order valence-electron chi connectivity index (χ0n) is 7.87. The molecule has 0 amide bonds. The number of pyridine rings is 1. The molecule has 0 radical (unpaired) electrons. The first-order valence-corrected chi connectivity index (χ1v) is 4.75. The van der Waals surface area contributed by atoms with Gasteiger partial charge in [0.15, 0.2) is 0 Å². The maximum absolute atomic E-state index is 9.60. The van der Waals surface area contributed by atoms with Gasteiger partial charge in [0.1, 0.15) is 0 Å². The highest BCUT2D eigenvalue weighted by Gasteiger charge is 2.30. The topological polar surface area (TPSA) is 56.6 Å². The van der Waals surface area contributed by atoms with Crippen LogP contribution in [-0.2, 0) is 0 Å². The van der Waals surface area contributed by atoms with Gasteiger partial charge >= 0.3 is 0 Å². The van der Waals surface area contributed by atoms with Gasteiger partial charge < -0.3 is 15.1 Å². The lowest BCUT2D eigenvalue weighted by atomic mass is 10.1. The Bertz CT molecular complexity index is 291. The van der Waals surface area contributed by atoms with E-state index in [-0.39, 0.29) is 12.5 Å². The van der Waals surface area contributed by atoms with Gasteiger partial charge in [0.05, 0.1) is 12.7 Å².